The zero-order chi connectivity index (χ0) is 17.4. The normalized spacial score (nSPS) is 11.8. The van der Waals surface area contributed by atoms with E-state index in [0.29, 0.717) is 5.75 Å². The van der Waals surface area contributed by atoms with E-state index in [9.17, 15) is 4.79 Å². The molecule has 0 heterocycles. The van der Waals surface area contributed by atoms with Gasteiger partial charge in [0.2, 0.25) is 5.91 Å². The quantitative estimate of drug-likeness (QED) is 0.767. The average Bonchev–Trinajstić information content (AvgIpc) is 2.60. The summed E-state index contributed by atoms with van der Waals surface area (Å²) >= 11 is 1.64. The summed E-state index contributed by atoms with van der Waals surface area (Å²) in [7, 11) is 1.65. The molecule has 0 saturated carbocycles. The molecule has 3 nitrogen and oxygen atoms in total. The third kappa shape index (κ3) is 5.60. The Balaban J connectivity index is 1.82. The van der Waals surface area contributed by atoms with Crippen molar-refractivity contribution >= 4 is 17.7 Å². The van der Waals surface area contributed by atoms with Crippen molar-refractivity contribution in [2.24, 2.45) is 0 Å². The molecule has 0 fully saturated rings. The van der Waals surface area contributed by atoms with Gasteiger partial charge in [-0.1, -0.05) is 48.9 Å². The summed E-state index contributed by atoms with van der Waals surface area (Å²) < 4.78 is 5.18. The van der Waals surface area contributed by atoms with Crippen LogP contribution in [0.5, 0.6) is 5.75 Å². The van der Waals surface area contributed by atoms with Gasteiger partial charge in [-0.3, -0.25) is 4.79 Å². The van der Waals surface area contributed by atoms with Crippen LogP contribution in [0, 0.1) is 6.92 Å². The number of hydrogen-bond donors (Lipinski definition) is 1. The van der Waals surface area contributed by atoms with E-state index >= 15 is 0 Å². The number of aryl methyl sites for hydroxylation is 1. The van der Waals surface area contributed by atoms with Crippen LogP contribution in [0.2, 0.25) is 0 Å². The van der Waals surface area contributed by atoms with Crippen LogP contribution < -0.4 is 10.1 Å². The van der Waals surface area contributed by atoms with E-state index in [4.69, 9.17) is 4.74 Å². The Bertz CT molecular complexity index is 655. The van der Waals surface area contributed by atoms with Crippen molar-refractivity contribution in [3.8, 4) is 5.75 Å². The summed E-state index contributed by atoms with van der Waals surface area (Å²) in [5.74, 6) is 2.23. The number of rotatable bonds is 8. The third-order valence-corrected chi connectivity index (χ3v) is 4.85. The zero-order valence-electron chi connectivity index (χ0n) is 14.5. The maximum absolute atomic E-state index is 12.2. The molecule has 1 unspecified atom stereocenters. The van der Waals surface area contributed by atoms with Gasteiger partial charge >= 0.3 is 0 Å². The molecule has 0 aliphatic carbocycles. The fourth-order valence-electron chi connectivity index (χ4n) is 2.56. The lowest BCUT2D eigenvalue weighted by Gasteiger charge is -2.17. The second-order valence-corrected chi connectivity index (χ2v) is 6.77. The molecule has 0 aliphatic rings. The molecule has 1 amide bonds. The van der Waals surface area contributed by atoms with E-state index in [1.165, 1.54) is 11.1 Å². The van der Waals surface area contributed by atoms with Crippen LogP contribution in [-0.4, -0.2) is 18.8 Å². The van der Waals surface area contributed by atoms with Crippen LogP contribution in [0.4, 0.5) is 0 Å². The summed E-state index contributed by atoms with van der Waals surface area (Å²) in [6.07, 6.45) is 0.862. The summed E-state index contributed by atoms with van der Waals surface area (Å²) in [4.78, 5) is 12.2. The van der Waals surface area contributed by atoms with Gasteiger partial charge in [0.1, 0.15) is 5.75 Å². The first kappa shape index (κ1) is 18.4. The monoisotopic (exact) mass is 343 g/mol. The molecule has 2 aromatic carbocycles. The van der Waals surface area contributed by atoms with Gasteiger partial charge in [0.15, 0.2) is 0 Å². The van der Waals surface area contributed by atoms with Crippen LogP contribution in [0.3, 0.4) is 0 Å². The van der Waals surface area contributed by atoms with Gasteiger partial charge in [-0.15, -0.1) is 11.8 Å². The average molecular weight is 343 g/mol. The first-order valence-corrected chi connectivity index (χ1v) is 9.34. The van der Waals surface area contributed by atoms with Crippen molar-refractivity contribution in [1.29, 1.82) is 0 Å². The molecular weight excluding hydrogens is 318 g/mol. The fourth-order valence-corrected chi connectivity index (χ4v) is 3.34. The highest BCUT2D eigenvalue weighted by Crippen LogP contribution is 2.20. The minimum atomic E-state index is 0.0444. The minimum absolute atomic E-state index is 0.0444. The molecule has 0 aliphatic heterocycles. The Hall–Kier alpha value is -1.94. The van der Waals surface area contributed by atoms with Crippen molar-refractivity contribution in [2.45, 2.75) is 32.1 Å². The summed E-state index contributed by atoms with van der Waals surface area (Å²) in [6, 6.07) is 16.3. The standard InChI is InChI=1S/C20H25NO2S/c1-4-19(17-8-10-18(23-3)11-9-17)21-20(22)14-24-13-16-7-5-6-15(2)12-16/h5-12,19H,4,13-14H2,1-3H3,(H,21,22). The smallest absolute Gasteiger partial charge is 0.230 e. The van der Waals surface area contributed by atoms with Gasteiger partial charge < -0.3 is 10.1 Å². The first-order chi connectivity index (χ1) is 11.6. The molecule has 0 saturated heterocycles. The topological polar surface area (TPSA) is 38.3 Å². The maximum Gasteiger partial charge on any atom is 0.230 e. The highest BCUT2D eigenvalue weighted by Gasteiger charge is 2.12. The molecule has 1 N–H and O–H groups in total. The van der Waals surface area contributed by atoms with Crippen LogP contribution >= 0.6 is 11.8 Å². The van der Waals surface area contributed by atoms with E-state index < -0.39 is 0 Å². The molecule has 1 atom stereocenters. The molecule has 2 aromatic rings. The van der Waals surface area contributed by atoms with Gasteiger partial charge in [-0.2, -0.15) is 0 Å². The molecule has 24 heavy (non-hydrogen) atoms. The Morgan fingerprint density at radius 3 is 2.58 bits per heavy atom. The van der Waals surface area contributed by atoms with E-state index in [1.807, 2.05) is 24.3 Å². The molecule has 128 valence electrons. The molecular formula is C20H25NO2S. The van der Waals surface area contributed by atoms with E-state index in [-0.39, 0.29) is 11.9 Å². The highest BCUT2D eigenvalue weighted by molar-refractivity contribution is 7.99. The predicted octanol–water partition coefficient (Wildman–Crippen LogP) is 4.50. The van der Waals surface area contributed by atoms with Crippen LogP contribution in [0.1, 0.15) is 36.1 Å². The molecule has 0 radical (unpaired) electrons. The molecule has 0 bridgehead atoms. The summed E-state index contributed by atoms with van der Waals surface area (Å²) in [5.41, 5.74) is 3.62. The third-order valence-electron chi connectivity index (χ3n) is 3.85. The number of benzene rings is 2. The number of thioether (sulfide) groups is 1. The van der Waals surface area contributed by atoms with Gasteiger partial charge in [0.05, 0.1) is 18.9 Å². The van der Waals surface area contributed by atoms with Crippen molar-refractivity contribution in [3.63, 3.8) is 0 Å². The van der Waals surface area contributed by atoms with Crippen molar-refractivity contribution < 1.29 is 9.53 Å². The van der Waals surface area contributed by atoms with E-state index in [2.05, 4.69) is 43.4 Å². The maximum atomic E-state index is 12.2. The van der Waals surface area contributed by atoms with E-state index in [0.717, 1.165) is 23.5 Å². The number of carbonyl (C=O) groups is 1. The van der Waals surface area contributed by atoms with Crippen molar-refractivity contribution in [3.05, 3.63) is 65.2 Å². The molecule has 4 heteroatoms. The number of amides is 1. The van der Waals surface area contributed by atoms with Crippen LogP contribution in [0.25, 0.3) is 0 Å². The lowest BCUT2D eigenvalue weighted by Crippen LogP contribution is -2.29. The largest absolute Gasteiger partial charge is 0.497 e. The number of methoxy groups -OCH3 is 1. The fraction of sp³-hybridized carbons (Fsp3) is 0.350. The highest BCUT2D eigenvalue weighted by atomic mass is 32.2. The summed E-state index contributed by atoms with van der Waals surface area (Å²) in [5, 5.41) is 3.12. The Morgan fingerprint density at radius 2 is 1.96 bits per heavy atom. The second kappa shape index (κ2) is 9.38. The van der Waals surface area contributed by atoms with Crippen molar-refractivity contribution in [2.75, 3.05) is 12.9 Å². The van der Waals surface area contributed by atoms with Gasteiger partial charge in [-0.25, -0.2) is 0 Å². The number of ether oxygens (including phenoxy) is 1. The second-order valence-electron chi connectivity index (χ2n) is 5.78. The number of carbonyl (C=O) groups excluding carboxylic acids is 1. The molecule has 0 spiro atoms. The molecule has 2 rings (SSSR count). The number of nitrogens with one attached hydrogen (secondary N) is 1. The zero-order valence-corrected chi connectivity index (χ0v) is 15.4. The van der Waals surface area contributed by atoms with E-state index in [1.54, 1.807) is 18.9 Å². The lowest BCUT2D eigenvalue weighted by atomic mass is 10.0. The predicted molar refractivity (Wildman–Crippen MR) is 102 cm³/mol. The Labute approximate surface area is 148 Å². The van der Waals surface area contributed by atoms with Crippen molar-refractivity contribution in [1.82, 2.24) is 5.32 Å². The van der Waals surface area contributed by atoms with Crippen LogP contribution in [0.15, 0.2) is 48.5 Å². The van der Waals surface area contributed by atoms with Gasteiger partial charge in [0, 0.05) is 5.75 Å². The van der Waals surface area contributed by atoms with Gasteiger partial charge in [-0.05, 0) is 36.6 Å². The Morgan fingerprint density at radius 1 is 1.21 bits per heavy atom. The summed E-state index contributed by atoms with van der Waals surface area (Å²) in [6.45, 7) is 4.16. The van der Waals surface area contributed by atoms with Crippen LogP contribution in [-0.2, 0) is 10.5 Å². The Kier molecular flexibility index (Phi) is 7.19. The van der Waals surface area contributed by atoms with Gasteiger partial charge in [0.25, 0.3) is 0 Å². The SMILES string of the molecule is CCC(NC(=O)CSCc1cccc(C)c1)c1ccc(OC)cc1. The number of hydrogen-bond acceptors (Lipinski definition) is 3. The lowest BCUT2D eigenvalue weighted by molar-refractivity contribution is -0.119. The minimum Gasteiger partial charge on any atom is -0.497 e. The first-order valence-electron chi connectivity index (χ1n) is 8.19. The molecule has 0 aromatic heterocycles.